The summed E-state index contributed by atoms with van der Waals surface area (Å²) in [6.07, 6.45) is -0.347. The smallest absolute Gasteiger partial charge is 0.293 e. The van der Waals surface area contributed by atoms with Crippen LogP contribution >= 0.6 is 0 Å². The highest BCUT2D eigenvalue weighted by atomic mass is 32.2. The molecule has 2 N–H and O–H groups in total. The molecule has 0 aliphatic carbocycles. The zero-order valence-corrected chi connectivity index (χ0v) is 16.2. The molecule has 0 saturated carbocycles. The molecule has 1 aliphatic rings. The molecule has 1 heterocycles. The third-order valence-electron chi connectivity index (χ3n) is 3.95. The Balaban J connectivity index is 1.75. The Hall–Kier alpha value is -2.85. The molecule has 1 aliphatic heterocycles. The highest BCUT2D eigenvalue weighted by Crippen LogP contribution is 2.32. The number of nitrogens with one attached hydrogen (secondary N) is 2. The zero-order valence-electron chi connectivity index (χ0n) is 15.4. The molecule has 0 amide bonds. The second-order valence-electron chi connectivity index (χ2n) is 6.59. The molecule has 0 spiro atoms. The van der Waals surface area contributed by atoms with Gasteiger partial charge in [0.15, 0.2) is 11.5 Å². The van der Waals surface area contributed by atoms with Gasteiger partial charge in [-0.2, -0.15) is 0 Å². The number of hydrogen-bond donors (Lipinski definition) is 2. The summed E-state index contributed by atoms with van der Waals surface area (Å²) in [6, 6.07) is 10.7. The average molecular weight is 407 g/mol. The van der Waals surface area contributed by atoms with Crippen LogP contribution in [0.1, 0.15) is 13.8 Å². The number of nitrogens with zero attached hydrogens (tertiary/aromatic N) is 1. The minimum atomic E-state index is -3.83. The lowest BCUT2D eigenvalue weighted by Gasteiger charge is -2.26. The van der Waals surface area contributed by atoms with Gasteiger partial charge >= 0.3 is 0 Å². The number of fused-ring (bicyclic) bond motifs is 1. The van der Waals surface area contributed by atoms with Gasteiger partial charge in [-0.25, -0.2) is 13.1 Å². The largest absolute Gasteiger partial charge is 0.486 e. The van der Waals surface area contributed by atoms with E-state index >= 15 is 0 Å². The van der Waals surface area contributed by atoms with Gasteiger partial charge in [0.25, 0.3) is 5.69 Å². The first-order chi connectivity index (χ1) is 13.3. The third-order valence-corrected chi connectivity index (χ3v) is 5.61. The first-order valence-electron chi connectivity index (χ1n) is 8.69. The van der Waals surface area contributed by atoms with E-state index in [4.69, 9.17) is 9.47 Å². The van der Waals surface area contributed by atoms with Crippen LogP contribution in [0, 0.1) is 10.1 Å². The van der Waals surface area contributed by atoms with Crippen molar-refractivity contribution < 1.29 is 22.8 Å². The van der Waals surface area contributed by atoms with Crippen molar-refractivity contribution in [3.05, 3.63) is 52.6 Å². The summed E-state index contributed by atoms with van der Waals surface area (Å²) in [5.74, 6) is 1.26. The minimum absolute atomic E-state index is 0.162. The number of anilines is 1. The van der Waals surface area contributed by atoms with E-state index in [1.807, 2.05) is 12.1 Å². The van der Waals surface area contributed by atoms with Crippen LogP contribution in [0.4, 0.5) is 11.4 Å². The van der Waals surface area contributed by atoms with Gasteiger partial charge in [0.05, 0.1) is 16.4 Å². The second-order valence-corrected chi connectivity index (χ2v) is 8.30. The van der Waals surface area contributed by atoms with E-state index in [0.29, 0.717) is 18.1 Å². The molecule has 10 heteroatoms. The van der Waals surface area contributed by atoms with Crippen LogP contribution in [0.5, 0.6) is 11.5 Å². The maximum atomic E-state index is 12.3. The Morgan fingerprint density at radius 3 is 2.61 bits per heavy atom. The van der Waals surface area contributed by atoms with Crippen LogP contribution in [-0.2, 0) is 10.0 Å². The molecule has 28 heavy (non-hydrogen) atoms. The van der Waals surface area contributed by atoms with Crippen LogP contribution in [0.3, 0.4) is 0 Å². The van der Waals surface area contributed by atoms with E-state index in [1.165, 1.54) is 12.1 Å². The van der Waals surface area contributed by atoms with Crippen molar-refractivity contribution in [1.82, 2.24) is 4.72 Å². The van der Waals surface area contributed by atoms with Crippen molar-refractivity contribution in [1.29, 1.82) is 0 Å². The first kappa shape index (κ1) is 19.9. The molecular formula is C18H21N3O6S. The van der Waals surface area contributed by atoms with Crippen LogP contribution in [-0.4, -0.2) is 38.6 Å². The Bertz CT molecular complexity index is 977. The van der Waals surface area contributed by atoms with Crippen LogP contribution in [0.25, 0.3) is 0 Å². The van der Waals surface area contributed by atoms with Gasteiger partial charge in [-0.1, -0.05) is 12.1 Å². The van der Waals surface area contributed by atoms with E-state index in [-0.39, 0.29) is 35.0 Å². The summed E-state index contributed by atoms with van der Waals surface area (Å²) in [5.41, 5.74) is -0.125. The average Bonchev–Trinajstić information content (AvgIpc) is 2.65. The summed E-state index contributed by atoms with van der Waals surface area (Å²) >= 11 is 0. The van der Waals surface area contributed by atoms with Gasteiger partial charge in [-0.3, -0.25) is 10.1 Å². The number of nitro benzene ring substituents is 1. The number of para-hydroxylation sites is 2. The lowest BCUT2D eigenvalue weighted by molar-refractivity contribution is -0.384. The van der Waals surface area contributed by atoms with Gasteiger partial charge in [0, 0.05) is 12.1 Å². The van der Waals surface area contributed by atoms with Crippen molar-refractivity contribution in [2.24, 2.45) is 0 Å². The van der Waals surface area contributed by atoms with E-state index < -0.39 is 14.9 Å². The molecule has 0 fully saturated rings. The maximum absolute atomic E-state index is 12.3. The van der Waals surface area contributed by atoms with E-state index in [1.54, 1.807) is 26.0 Å². The van der Waals surface area contributed by atoms with Gasteiger partial charge in [-0.15, -0.1) is 0 Å². The predicted octanol–water partition coefficient (Wildman–Crippen LogP) is 2.53. The number of ether oxygens (including phenoxy) is 2. The van der Waals surface area contributed by atoms with Crippen molar-refractivity contribution in [3.8, 4) is 11.5 Å². The number of sulfonamides is 1. The number of benzene rings is 2. The number of hydrogen-bond acceptors (Lipinski definition) is 7. The normalized spacial score (nSPS) is 16.0. The molecule has 1 atom stereocenters. The summed E-state index contributed by atoms with van der Waals surface area (Å²) in [7, 11) is -3.83. The Morgan fingerprint density at radius 2 is 1.93 bits per heavy atom. The fraction of sp³-hybridized carbons (Fsp3) is 0.333. The maximum Gasteiger partial charge on any atom is 0.293 e. The zero-order chi connectivity index (χ0) is 20.3. The second kappa shape index (κ2) is 8.03. The van der Waals surface area contributed by atoms with Gasteiger partial charge < -0.3 is 14.8 Å². The number of rotatable bonds is 7. The Kier molecular flexibility index (Phi) is 5.71. The van der Waals surface area contributed by atoms with Crippen molar-refractivity contribution >= 4 is 21.4 Å². The molecule has 0 bridgehead atoms. The standard InChI is InChI=1S/C18H21N3O6S/c1-12(2)20-28(24,25)14-7-8-15(16(9-14)21(22)23)19-10-13-11-26-17-5-3-4-6-18(17)27-13/h3-9,12-13,19-20H,10-11H2,1-2H3/t13-/m0/s1. The fourth-order valence-corrected chi connectivity index (χ4v) is 4.02. The first-order valence-corrected chi connectivity index (χ1v) is 10.2. The Morgan fingerprint density at radius 1 is 1.21 bits per heavy atom. The highest BCUT2D eigenvalue weighted by Gasteiger charge is 2.24. The topological polar surface area (TPSA) is 120 Å². The summed E-state index contributed by atoms with van der Waals surface area (Å²) in [5, 5.41) is 14.4. The monoisotopic (exact) mass is 407 g/mol. The Labute approximate surface area is 162 Å². The molecule has 0 aromatic heterocycles. The third kappa shape index (κ3) is 4.52. The van der Waals surface area contributed by atoms with Crippen LogP contribution in [0.15, 0.2) is 47.4 Å². The molecule has 0 saturated heterocycles. The molecule has 0 unspecified atom stereocenters. The van der Waals surface area contributed by atoms with Crippen molar-refractivity contribution in [2.75, 3.05) is 18.5 Å². The summed E-state index contributed by atoms with van der Waals surface area (Å²) < 4.78 is 38.4. The van der Waals surface area contributed by atoms with Crippen LogP contribution in [0.2, 0.25) is 0 Å². The molecule has 3 rings (SSSR count). The van der Waals surface area contributed by atoms with Gasteiger partial charge in [0.1, 0.15) is 18.4 Å². The number of nitro groups is 1. The lowest BCUT2D eigenvalue weighted by atomic mass is 10.2. The quantitative estimate of drug-likeness (QED) is 0.534. The van der Waals surface area contributed by atoms with Crippen molar-refractivity contribution in [3.63, 3.8) is 0 Å². The highest BCUT2D eigenvalue weighted by molar-refractivity contribution is 7.89. The van der Waals surface area contributed by atoms with Gasteiger partial charge in [0.2, 0.25) is 10.0 Å². The van der Waals surface area contributed by atoms with E-state index in [2.05, 4.69) is 10.0 Å². The summed E-state index contributed by atoms with van der Waals surface area (Å²) in [6.45, 7) is 3.90. The van der Waals surface area contributed by atoms with E-state index in [9.17, 15) is 18.5 Å². The molecule has 2 aromatic rings. The minimum Gasteiger partial charge on any atom is -0.486 e. The SMILES string of the molecule is CC(C)NS(=O)(=O)c1ccc(NC[C@H]2COc3ccccc3O2)c([N+](=O)[O-])c1. The molecular weight excluding hydrogens is 386 g/mol. The van der Waals surface area contributed by atoms with Crippen LogP contribution < -0.4 is 19.5 Å². The van der Waals surface area contributed by atoms with Gasteiger partial charge in [-0.05, 0) is 38.1 Å². The fourth-order valence-electron chi connectivity index (χ4n) is 2.74. The molecule has 2 aromatic carbocycles. The molecule has 9 nitrogen and oxygen atoms in total. The molecule has 0 radical (unpaired) electrons. The van der Waals surface area contributed by atoms with Crippen molar-refractivity contribution in [2.45, 2.75) is 30.9 Å². The van der Waals surface area contributed by atoms with E-state index in [0.717, 1.165) is 6.07 Å². The molecule has 150 valence electrons. The predicted molar refractivity (Wildman–Crippen MR) is 103 cm³/mol. The summed E-state index contributed by atoms with van der Waals surface area (Å²) in [4.78, 5) is 10.6. The lowest BCUT2D eigenvalue weighted by Crippen LogP contribution is -2.35.